The van der Waals surface area contributed by atoms with Crippen molar-refractivity contribution in [3.63, 3.8) is 0 Å². The van der Waals surface area contributed by atoms with Crippen molar-refractivity contribution < 1.29 is 24.2 Å². The van der Waals surface area contributed by atoms with Crippen LogP contribution in [0.1, 0.15) is 17.3 Å². The van der Waals surface area contributed by atoms with Gasteiger partial charge in [0.15, 0.2) is 0 Å². The average molecular weight is 296 g/mol. The Morgan fingerprint density at radius 2 is 1.86 bits per heavy atom. The number of rotatable bonds is 3. The molecular weight excluding hydrogens is 279 g/mol. The van der Waals surface area contributed by atoms with Crippen LogP contribution in [-0.4, -0.2) is 64.1 Å². The monoisotopic (exact) mass is 296 g/mol. The molecule has 0 bridgehead atoms. The van der Waals surface area contributed by atoms with Crippen molar-refractivity contribution in [3.8, 4) is 5.75 Å². The normalized spacial score (nSPS) is 17.5. The van der Waals surface area contributed by atoms with E-state index in [0.29, 0.717) is 26.2 Å². The highest BCUT2D eigenvalue weighted by Gasteiger charge is 2.28. The van der Waals surface area contributed by atoms with E-state index in [1.165, 1.54) is 11.0 Å². The lowest BCUT2D eigenvalue weighted by Gasteiger charge is -2.36. The maximum Gasteiger partial charge on any atom is 0.320 e. The van der Waals surface area contributed by atoms with Crippen LogP contribution in [0.4, 0.5) is 4.39 Å². The Hall–Kier alpha value is -2.15. The Morgan fingerprint density at radius 3 is 2.38 bits per heavy atom. The smallest absolute Gasteiger partial charge is 0.320 e. The number of carboxylic acid groups (broad SMARTS) is 1. The molecule has 1 aliphatic heterocycles. The summed E-state index contributed by atoms with van der Waals surface area (Å²) in [5, 5.41) is 18.6. The largest absolute Gasteiger partial charge is 0.507 e. The number of benzene rings is 1. The fourth-order valence-corrected chi connectivity index (χ4v) is 2.32. The highest BCUT2D eigenvalue weighted by molar-refractivity contribution is 5.96. The Morgan fingerprint density at radius 1 is 1.24 bits per heavy atom. The van der Waals surface area contributed by atoms with E-state index in [2.05, 4.69) is 0 Å². The fourth-order valence-electron chi connectivity index (χ4n) is 2.32. The van der Waals surface area contributed by atoms with Gasteiger partial charge in [-0.1, -0.05) is 0 Å². The van der Waals surface area contributed by atoms with Crippen LogP contribution in [0.25, 0.3) is 0 Å². The summed E-state index contributed by atoms with van der Waals surface area (Å²) >= 11 is 0. The Balaban J connectivity index is 2.02. The third-order valence-electron chi connectivity index (χ3n) is 3.70. The minimum absolute atomic E-state index is 0.0520. The van der Waals surface area contributed by atoms with Gasteiger partial charge in [-0.3, -0.25) is 14.5 Å². The van der Waals surface area contributed by atoms with Gasteiger partial charge in [0.2, 0.25) is 0 Å². The molecule has 2 rings (SSSR count). The molecule has 21 heavy (non-hydrogen) atoms. The van der Waals surface area contributed by atoms with Crippen LogP contribution in [0.5, 0.6) is 5.75 Å². The molecule has 1 fully saturated rings. The molecule has 2 N–H and O–H groups in total. The van der Waals surface area contributed by atoms with Gasteiger partial charge in [0.05, 0.1) is 5.56 Å². The topological polar surface area (TPSA) is 81.1 Å². The molecule has 0 saturated carbocycles. The summed E-state index contributed by atoms with van der Waals surface area (Å²) in [6.07, 6.45) is 0. The van der Waals surface area contributed by atoms with E-state index in [9.17, 15) is 19.1 Å². The number of nitrogens with zero attached hydrogens (tertiary/aromatic N) is 2. The minimum atomic E-state index is -0.897. The van der Waals surface area contributed by atoms with Crippen molar-refractivity contribution in [3.05, 3.63) is 29.6 Å². The first kappa shape index (κ1) is 15.2. The number of aromatic hydroxyl groups is 1. The van der Waals surface area contributed by atoms with E-state index in [0.717, 1.165) is 12.1 Å². The predicted octanol–water partition coefficient (Wildman–Crippen LogP) is 0.762. The van der Waals surface area contributed by atoms with Gasteiger partial charge in [-0.2, -0.15) is 0 Å². The van der Waals surface area contributed by atoms with Crippen LogP contribution >= 0.6 is 0 Å². The van der Waals surface area contributed by atoms with Crippen molar-refractivity contribution in [2.45, 2.75) is 13.0 Å². The van der Waals surface area contributed by atoms with E-state index in [1.54, 1.807) is 11.8 Å². The number of hydrogen-bond acceptors (Lipinski definition) is 4. The second-order valence-electron chi connectivity index (χ2n) is 5.00. The maximum absolute atomic E-state index is 12.9. The second kappa shape index (κ2) is 6.09. The zero-order valence-electron chi connectivity index (χ0n) is 11.6. The van der Waals surface area contributed by atoms with Gasteiger partial charge in [-0.05, 0) is 19.1 Å². The van der Waals surface area contributed by atoms with Gasteiger partial charge < -0.3 is 15.1 Å². The summed E-state index contributed by atoms with van der Waals surface area (Å²) in [5.41, 5.74) is 0.0520. The van der Waals surface area contributed by atoms with Gasteiger partial charge in [0.1, 0.15) is 17.6 Å². The third kappa shape index (κ3) is 3.30. The highest BCUT2D eigenvalue weighted by Crippen LogP contribution is 2.21. The first-order valence-corrected chi connectivity index (χ1v) is 6.65. The van der Waals surface area contributed by atoms with E-state index >= 15 is 0 Å². The molecule has 1 amide bonds. The summed E-state index contributed by atoms with van der Waals surface area (Å²) in [6, 6.07) is 2.67. The van der Waals surface area contributed by atoms with Crippen LogP contribution in [0.3, 0.4) is 0 Å². The minimum Gasteiger partial charge on any atom is -0.507 e. The molecule has 0 aliphatic carbocycles. The standard InChI is InChI=1S/C14H17FN2O4/c1-9(14(20)21)16-4-6-17(7-5-16)13(19)11-3-2-10(15)8-12(11)18/h2-3,8-9,18H,4-7H2,1H3,(H,20,21). The second-order valence-corrected chi connectivity index (χ2v) is 5.00. The number of amides is 1. The average Bonchev–Trinajstić information content (AvgIpc) is 2.46. The van der Waals surface area contributed by atoms with E-state index in [1.807, 2.05) is 0 Å². The fraction of sp³-hybridized carbons (Fsp3) is 0.429. The molecule has 1 heterocycles. The Kier molecular flexibility index (Phi) is 4.42. The first-order valence-electron chi connectivity index (χ1n) is 6.65. The van der Waals surface area contributed by atoms with Gasteiger partial charge in [-0.15, -0.1) is 0 Å². The number of piperazine rings is 1. The maximum atomic E-state index is 12.9. The molecule has 1 saturated heterocycles. The first-order chi connectivity index (χ1) is 9.90. The number of phenolic OH excluding ortho intramolecular Hbond substituents is 1. The van der Waals surface area contributed by atoms with Gasteiger partial charge in [0, 0.05) is 32.2 Å². The number of aliphatic carboxylic acids is 1. The van der Waals surface area contributed by atoms with Gasteiger partial charge in [-0.25, -0.2) is 4.39 Å². The van der Waals surface area contributed by atoms with E-state index in [-0.39, 0.29) is 17.2 Å². The molecule has 1 unspecified atom stereocenters. The molecule has 6 nitrogen and oxygen atoms in total. The van der Waals surface area contributed by atoms with Crippen molar-refractivity contribution >= 4 is 11.9 Å². The molecular formula is C14H17FN2O4. The molecule has 1 atom stereocenters. The summed E-state index contributed by atoms with van der Waals surface area (Å²) in [6.45, 7) is 3.23. The van der Waals surface area contributed by atoms with Crippen molar-refractivity contribution in [2.24, 2.45) is 0 Å². The molecule has 1 aromatic rings. The predicted molar refractivity (Wildman–Crippen MR) is 72.6 cm³/mol. The summed E-state index contributed by atoms with van der Waals surface area (Å²) in [5.74, 6) is -2.27. The van der Waals surface area contributed by atoms with E-state index < -0.39 is 17.8 Å². The van der Waals surface area contributed by atoms with Gasteiger partial charge in [0.25, 0.3) is 5.91 Å². The van der Waals surface area contributed by atoms with Crippen LogP contribution < -0.4 is 0 Å². The zero-order chi connectivity index (χ0) is 15.6. The molecule has 0 aromatic heterocycles. The SMILES string of the molecule is CC(C(=O)O)N1CCN(C(=O)c2ccc(F)cc2O)CC1. The lowest BCUT2D eigenvalue weighted by molar-refractivity contribution is -0.143. The number of carbonyl (C=O) groups excluding carboxylic acids is 1. The van der Waals surface area contributed by atoms with E-state index in [4.69, 9.17) is 5.11 Å². The lowest BCUT2D eigenvalue weighted by Crippen LogP contribution is -2.53. The quantitative estimate of drug-likeness (QED) is 0.861. The Labute approximate surface area is 121 Å². The lowest BCUT2D eigenvalue weighted by atomic mass is 10.1. The summed E-state index contributed by atoms with van der Waals surface area (Å²) in [4.78, 5) is 26.5. The molecule has 114 valence electrons. The molecule has 1 aromatic carbocycles. The molecule has 0 spiro atoms. The summed E-state index contributed by atoms with van der Waals surface area (Å²) in [7, 11) is 0. The number of halogens is 1. The van der Waals surface area contributed by atoms with Crippen LogP contribution in [0, 0.1) is 5.82 Å². The van der Waals surface area contributed by atoms with Crippen molar-refractivity contribution in [2.75, 3.05) is 26.2 Å². The van der Waals surface area contributed by atoms with Crippen LogP contribution in [-0.2, 0) is 4.79 Å². The molecule has 1 aliphatic rings. The molecule has 0 radical (unpaired) electrons. The Bertz CT molecular complexity index is 556. The number of phenols is 1. The third-order valence-corrected chi connectivity index (χ3v) is 3.70. The van der Waals surface area contributed by atoms with Crippen molar-refractivity contribution in [1.82, 2.24) is 9.80 Å². The molecule has 7 heteroatoms. The van der Waals surface area contributed by atoms with Crippen LogP contribution in [0.15, 0.2) is 18.2 Å². The number of carboxylic acids is 1. The summed E-state index contributed by atoms with van der Waals surface area (Å²) < 4.78 is 12.9. The van der Waals surface area contributed by atoms with Crippen LogP contribution in [0.2, 0.25) is 0 Å². The van der Waals surface area contributed by atoms with Crippen molar-refractivity contribution in [1.29, 1.82) is 0 Å². The zero-order valence-corrected chi connectivity index (χ0v) is 11.6. The number of hydrogen-bond donors (Lipinski definition) is 2. The van der Waals surface area contributed by atoms with Gasteiger partial charge >= 0.3 is 5.97 Å². The highest BCUT2D eigenvalue weighted by atomic mass is 19.1. The number of carbonyl (C=O) groups is 2.